The number of nitrogens with zero attached hydrogens (tertiary/aromatic N) is 4. The quantitative estimate of drug-likeness (QED) is 0.925. The maximum atomic E-state index is 12.6. The van der Waals surface area contributed by atoms with Crippen molar-refractivity contribution in [2.75, 3.05) is 6.61 Å². The number of ether oxygens (including phenoxy) is 1. The molecule has 2 aromatic rings. The highest BCUT2D eigenvalue weighted by atomic mass is 35.5. The van der Waals surface area contributed by atoms with Gasteiger partial charge in [0.1, 0.15) is 6.33 Å². The number of halogens is 1. The molecule has 1 saturated heterocycles. The minimum Gasteiger partial charge on any atom is -0.376 e. The van der Waals surface area contributed by atoms with Gasteiger partial charge in [-0.1, -0.05) is 11.6 Å². The molecule has 1 aliphatic heterocycles. The lowest BCUT2D eigenvalue weighted by Gasteiger charge is -2.20. The average Bonchev–Trinajstić information content (AvgIpc) is 3.20. The van der Waals surface area contributed by atoms with Crippen molar-refractivity contribution in [3.63, 3.8) is 0 Å². The fourth-order valence-corrected chi connectivity index (χ4v) is 2.71. The van der Waals surface area contributed by atoms with Crippen LogP contribution < -0.4 is 5.32 Å². The van der Waals surface area contributed by atoms with Crippen LogP contribution in [0, 0.1) is 0 Å². The zero-order valence-corrected chi connectivity index (χ0v) is 12.8. The molecule has 1 aromatic carbocycles. The van der Waals surface area contributed by atoms with E-state index in [0.29, 0.717) is 16.3 Å². The van der Waals surface area contributed by atoms with Crippen LogP contribution in [0.3, 0.4) is 0 Å². The highest BCUT2D eigenvalue weighted by Gasteiger charge is 2.25. The number of rotatable bonds is 4. The van der Waals surface area contributed by atoms with E-state index in [1.165, 1.54) is 11.0 Å². The minimum atomic E-state index is -0.226. The van der Waals surface area contributed by atoms with Crippen LogP contribution in [-0.4, -0.2) is 44.9 Å². The number of tetrazole rings is 1. The molecule has 1 amide bonds. The molecule has 1 N–H and O–H groups in total. The Morgan fingerprint density at radius 1 is 1.55 bits per heavy atom. The number of benzene rings is 1. The number of hydrogen-bond donors (Lipinski definition) is 1. The molecule has 116 valence electrons. The van der Waals surface area contributed by atoms with E-state index in [1.54, 1.807) is 18.2 Å². The Labute approximate surface area is 132 Å². The van der Waals surface area contributed by atoms with E-state index < -0.39 is 0 Å². The normalized spacial score (nSPS) is 19.1. The SMILES string of the molecule is C[C@H](NC(=O)c1cc(Cl)ccc1-n1cnnn1)[C@H]1CCCO1. The van der Waals surface area contributed by atoms with Crippen molar-refractivity contribution >= 4 is 17.5 Å². The zero-order chi connectivity index (χ0) is 15.5. The molecule has 0 aliphatic carbocycles. The van der Waals surface area contributed by atoms with Gasteiger partial charge in [-0.05, 0) is 48.4 Å². The summed E-state index contributed by atoms with van der Waals surface area (Å²) in [7, 11) is 0. The predicted molar refractivity (Wildman–Crippen MR) is 80.1 cm³/mol. The molecule has 1 fully saturated rings. The summed E-state index contributed by atoms with van der Waals surface area (Å²) in [5.74, 6) is -0.226. The molecule has 7 nitrogen and oxygen atoms in total. The Morgan fingerprint density at radius 2 is 2.41 bits per heavy atom. The molecule has 3 rings (SSSR count). The van der Waals surface area contributed by atoms with Gasteiger partial charge in [0.25, 0.3) is 5.91 Å². The lowest BCUT2D eigenvalue weighted by atomic mass is 10.1. The van der Waals surface area contributed by atoms with Crippen LogP contribution in [0.5, 0.6) is 0 Å². The van der Waals surface area contributed by atoms with Gasteiger partial charge in [-0.15, -0.1) is 5.10 Å². The summed E-state index contributed by atoms with van der Waals surface area (Å²) in [6.45, 7) is 2.69. The summed E-state index contributed by atoms with van der Waals surface area (Å²) in [6, 6.07) is 4.94. The first-order valence-electron chi connectivity index (χ1n) is 7.10. The van der Waals surface area contributed by atoms with Gasteiger partial charge in [0, 0.05) is 11.6 Å². The molecular weight excluding hydrogens is 306 g/mol. The first-order valence-corrected chi connectivity index (χ1v) is 7.48. The summed E-state index contributed by atoms with van der Waals surface area (Å²) in [4.78, 5) is 12.6. The molecule has 2 atom stereocenters. The fraction of sp³-hybridized carbons (Fsp3) is 0.429. The van der Waals surface area contributed by atoms with Gasteiger partial charge in [-0.25, -0.2) is 0 Å². The summed E-state index contributed by atoms with van der Waals surface area (Å²) in [5, 5.41) is 14.5. The van der Waals surface area contributed by atoms with Gasteiger partial charge in [-0.2, -0.15) is 4.68 Å². The molecule has 0 unspecified atom stereocenters. The van der Waals surface area contributed by atoms with Crippen molar-refractivity contribution < 1.29 is 9.53 Å². The molecule has 0 radical (unpaired) electrons. The molecule has 0 bridgehead atoms. The van der Waals surface area contributed by atoms with Crippen LogP contribution in [0.1, 0.15) is 30.1 Å². The lowest BCUT2D eigenvalue weighted by molar-refractivity contribution is 0.0712. The minimum absolute atomic E-state index is 0.0552. The topological polar surface area (TPSA) is 81.9 Å². The van der Waals surface area contributed by atoms with E-state index in [4.69, 9.17) is 16.3 Å². The second-order valence-corrected chi connectivity index (χ2v) is 5.67. The van der Waals surface area contributed by atoms with Crippen molar-refractivity contribution in [3.05, 3.63) is 35.1 Å². The summed E-state index contributed by atoms with van der Waals surface area (Å²) in [5.41, 5.74) is 0.996. The van der Waals surface area contributed by atoms with Gasteiger partial charge in [-0.3, -0.25) is 4.79 Å². The summed E-state index contributed by atoms with van der Waals surface area (Å²) >= 11 is 6.02. The van der Waals surface area contributed by atoms with E-state index in [2.05, 4.69) is 20.8 Å². The Morgan fingerprint density at radius 3 is 3.09 bits per heavy atom. The van der Waals surface area contributed by atoms with Crippen molar-refractivity contribution in [2.24, 2.45) is 0 Å². The standard InChI is InChI=1S/C14H16ClN5O2/c1-9(13-3-2-6-22-13)17-14(21)11-7-10(15)4-5-12(11)20-8-16-18-19-20/h4-5,7-9,13H,2-3,6H2,1H3,(H,17,21)/t9-,13+/m0/s1. The van der Waals surface area contributed by atoms with E-state index in [1.807, 2.05) is 6.92 Å². The first-order chi connectivity index (χ1) is 10.6. The number of aromatic nitrogens is 4. The number of hydrogen-bond acceptors (Lipinski definition) is 5. The smallest absolute Gasteiger partial charge is 0.253 e. The summed E-state index contributed by atoms with van der Waals surface area (Å²) < 4.78 is 7.03. The third-order valence-electron chi connectivity index (χ3n) is 3.68. The van der Waals surface area contributed by atoms with Gasteiger partial charge < -0.3 is 10.1 Å². The van der Waals surface area contributed by atoms with E-state index in [0.717, 1.165) is 19.4 Å². The largest absolute Gasteiger partial charge is 0.376 e. The molecule has 0 spiro atoms. The van der Waals surface area contributed by atoms with Crippen molar-refractivity contribution in [1.29, 1.82) is 0 Å². The predicted octanol–water partition coefficient (Wildman–Crippen LogP) is 1.61. The number of amides is 1. The summed E-state index contributed by atoms with van der Waals surface area (Å²) in [6.07, 6.45) is 3.47. The van der Waals surface area contributed by atoms with E-state index >= 15 is 0 Å². The van der Waals surface area contributed by atoms with Crippen molar-refractivity contribution in [1.82, 2.24) is 25.5 Å². The van der Waals surface area contributed by atoms with Crippen LogP contribution in [0.2, 0.25) is 5.02 Å². The number of nitrogens with one attached hydrogen (secondary N) is 1. The van der Waals surface area contributed by atoms with Gasteiger partial charge in [0.15, 0.2) is 0 Å². The maximum absolute atomic E-state index is 12.6. The fourth-order valence-electron chi connectivity index (χ4n) is 2.54. The molecule has 2 heterocycles. The third-order valence-corrected chi connectivity index (χ3v) is 3.92. The molecule has 8 heteroatoms. The van der Waals surface area contributed by atoms with Crippen molar-refractivity contribution in [3.8, 4) is 5.69 Å². The van der Waals surface area contributed by atoms with Crippen LogP contribution in [0.4, 0.5) is 0 Å². The Kier molecular flexibility index (Phi) is 4.35. The lowest BCUT2D eigenvalue weighted by Crippen LogP contribution is -2.41. The molecule has 0 saturated carbocycles. The highest BCUT2D eigenvalue weighted by molar-refractivity contribution is 6.31. The Balaban J connectivity index is 1.83. The molecule has 1 aliphatic rings. The average molecular weight is 322 g/mol. The number of carbonyl (C=O) groups excluding carboxylic acids is 1. The van der Waals surface area contributed by atoms with Crippen LogP contribution >= 0.6 is 11.6 Å². The monoisotopic (exact) mass is 321 g/mol. The second-order valence-electron chi connectivity index (χ2n) is 5.23. The van der Waals surface area contributed by atoms with Crippen LogP contribution in [0.25, 0.3) is 5.69 Å². The molecule has 1 aromatic heterocycles. The molecule has 22 heavy (non-hydrogen) atoms. The van der Waals surface area contributed by atoms with Gasteiger partial charge in [0.2, 0.25) is 0 Å². The van der Waals surface area contributed by atoms with E-state index in [9.17, 15) is 4.79 Å². The second kappa shape index (κ2) is 6.41. The molecular formula is C14H16ClN5O2. The maximum Gasteiger partial charge on any atom is 0.253 e. The van der Waals surface area contributed by atoms with Crippen LogP contribution in [-0.2, 0) is 4.74 Å². The van der Waals surface area contributed by atoms with E-state index in [-0.39, 0.29) is 18.1 Å². The third kappa shape index (κ3) is 3.10. The van der Waals surface area contributed by atoms with Gasteiger partial charge in [0.05, 0.1) is 23.4 Å². The zero-order valence-electron chi connectivity index (χ0n) is 12.1. The van der Waals surface area contributed by atoms with Crippen LogP contribution in [0.15, 0.2) is 24.5 Å². The first kappa shape index (κ1) is 14.9. The Hall–Kier alpha value is -1.99. The number of carbonyl (C=O) groups is 1. The highest BCUT2D eigenvalue weighted by Crippen LogP contribution is 2.20. The van der Waals surface area contributed by atoms with Crippen molar-refractivity contribution in [2.45, 2.75) is 31.9 Å². The Bertz CT molecular complexity index is 655. The van der Waals surface area contributed by atoms with Gasteiger partial charge >= 0.3 is 0 Å².